The lowest BCUT2D eigenvalue weighted by molar-refractivity contribution is -0.122. The van der Waals surface area contributed by atoms with Crippen molar-refractivity contribution in [2.24, 2.45) is 10.2 Å². The number of halogens is 2. The number of nitrogens with one attached hydrogen (secondary N) is 1. The first kappa shape index (κ1) is 31.9. The van der Waals surface area contributed by atoms with Crippen molar-refractivity contribution < 1.29 is 18.7 Å². The molecule has 6 rings (SSSR count). The van der Waals surface area contributed by atoms with Crippen LogP contribution in [0.15, 0.2) is 135 Å². The zero-order valence-electron chi connectivity index (χ0n) is 24.7. The van der Waals surface area contributed by atoms with Crippen molar-refractivity contribution in [3.05, 3.63) is 147 Å². The number of hydrogen-bond donors (Lipinski definition) is 1. The van der Waals surface area contributed by atoms with E-state index in [0.29, 0.717) is 42.9 Å². The molecule has 1 N–H and O–H groups in total. The van der Waals surface area contributed by atoms with Gasteiger partial charge in [0.05, 0.1) is 23.9 Å². The normalized spacial score (nSPS) is 14.8. The zero-order chi connectivity index (χ0) is 32.6. The van der Waals surface area contributed by atoms with Gasteiger partial charge in [-0.3, -0.25) is 14.5 Å². The van der Waals surface area contributed by atoms with Crippen molar-refractivity contribution in [2.75, 3.05) is 11.9 Å². The Morgan fingerprint density at radius 3 is 2.38 bits per heavy atom. The van der Waals surface area contributed by atoms with E-state index in [2.05, 4.69) is 27.7 Å². The van der Waals surface area contributed by atoms with Crippen LogP contribution in [0.1, 0.15) is 16.9 Å². The highest BCUT2D eigenvalue weighted by atomic mass is 35.5. The molecule has 1 aliphatic heterocycles. The fourth-order valence-electron chi connectivity index (χ4n) is 4.60. The van der Waals surface area contributed by atoms with Gasteiger partial charge in [-0.2, -0.15) is 5.10 Å². The van der Waals surface area contributed by atoms with E-state index >= 15 is 0 Å². The number of benzene rings is 4. The van der Waals surface area contributed by atoms with Crippen LogP contribution in [0.5, 0.6) is 5.75 Å². The minimum atomic E-state index is -0.362. The molecule has 1 aromatic heterocycles. The molecule has 0 bridgehead atoms. The molecular weight excluding hydrogens is 655 g/mol. The summed E-state index contributed by atoms with van der Waals surface area (Å²) in [5.74, 6) is 0.311. The summed E-state index contributed by atoms with van der Waals surface area (Å²) in [6, 6.07) is 33.3. The maximum absolute atomic E-state index is 13.7. The monoisotopic (exact) mass is 680 g/mol. The van der Waals surface area contributed by atoms with Crippen molar-refractivity contribution >= 4 is 69.9 Å². The van der Waals surface area contributed by atoms with Crippen molar-refractivity contribution in [1.82, 2.24) is 4.90 Å². The van der Waals surface area contributed by atoms with Crippen molar-refractivity contribution in [3.63, 3.8) is 0 Å². The molecule has 47 heavy (non-hydrogen) atoms. The van der Waals surface area contributed by atoms with Crippen LogP contribution in [0.25, 0.3) is 17.2 Å². The maximum atomic E-state index is 13.7. The van der Waals surface area contributed by atoms with Crippen LogP contribution in [-0.2, 0) is 16.1 Å². The summed E-state index contributed by atoms with van der Waals surface area (Å²) in [4.78, 5) is 28.1. The first-order chi connectivity index (χ1) is 22.9. The Bertz CT molecular complexity index is 1960. The molecule has 2 amide bonds. The predicted octanol–water partition coefficient (Wildman–Crippen LogP) is 8.78. The summed E-state index contributed by atoms with van der Waals surface area (Å²) in [5.41, 5.74) is 4.19. The number of amides is 2. The number of carbonyl (C=O) groups is 2. The number of thioether (sulfide) groups is 1. The van der Waals surface area contributed by atoms with Crippen LogP contribution in [0.3, 0.4) is 0 Å². The number of amidine groups is 1. The van der Waals surface area contributed by atoms with E-state index in [1.807, 2.05) is 42.5 Å². The SMILES string of the molecule is O=C(COc1ccc(Cl)cc1/C=C1\S/C(=N/N=C\c2ccc(-c3ccccc3)cc2)N(Cc2ccco2)C1=O)Nc1ccc(Cl)cc1. The molecule has 0 saturated carbocycles. The molecule has 0 aliphatic carbocycles. The van der Waals surface area contributed by atoms with Crippen molar-refractivity contribution in [3.8, 4) is 16.9 Å². The van der Waals surface area contributed by atoms with Crippen LogP contribution in [0.4, 0.5) is 5.69 Å². The molecule has 11 heteroatoms. The number of anilines is 1. The third-order valence-electron chi connectivity index (χ3n) is 6.90. The van der Waals surface area contributed by atoms with Gasteiger partial charge in [0.2, 0.25) is 0 Å². The van der Waals surface area contributed by atoms with Gasteiger partial charge in [0.1, 0.15) is 11.5 Å². The number of nitrogens with zero attached hydrogens (tertiary/aromatic N) is 3. The molecule has 0 radical (unpaired) electrons. The molecular formula is C36H26Cl2N4O4S. The van der Waals surface area contributed by atoms with Gasteiger partial charge in [-0.25, -0.2) is 0 Å². The third-order valence-corrected chi connectivity index (χ3v) is 8.38. The molecule has 1 saturated heterocycles. The fourth-order valence-corrected chi connectivity index (χ4v) is 5.83. The summed E-state index contributed by atoms with van der Waals surface area (Å²) in [5, 5.41) is 12.8. The smallest absolute Gasteiger partial charge is 0.267 e. The first-order valence-corrected chi connectivity index (χ1v) is 16.0. The standard InChI is InChI=1S/C36H26Cl2N4O4S/c37-28-12-15-30(16-13-28)40-34(43)23-46-32-17-14-29(38)19-27(32)20-33-35(44)42(22-31-7-4-18-45-31)36(47-33)41-39-21-24-8-10-26(11-9-24)25-5-2-1-3-6-25/h1-21H,22-23H2,(H,40,43)/b33-20-,39-21-,41-36+. The average molecular weight is 682 g/mol. The Balaban J connectivity index is 1.20. The Kier molecular flexibility index (Phi) is 10.2. The first-order valence-electron chi connectivity index (χ1n) is 14.4. The van der Waals surface area contributed by atoms with E-state index in [1.165, 1.54) is 4.90 Å². The Hall–Kier alpha value is -5.09. The summed E-state index contributed by atoms with van der Waals surface area (Å²) >= 11 is 13.4. The molecule has 1 aliphatic rings. The lowest BCUT2D eigenvalue weighted by Gasteiger charge is -2.13. The van der Waals surface area contributed by atoms with Crippen LogP contribution in [0, 0.1) is 0 Å². The molecule has 5 aromatic rings. The highest BCUT2D eigenvalue weighted by Gasteiger charge is 2.34. The van der Waals surface area contributed by atoms with E-state index in [4.69, 9.17) is 32.4 Å². The molecule has 2 heterocycles. The van der Waals surface area contributed by atoms with Gasteiger partial charge < -0.3 is 14.5 Å². The predicted molar refractivity (Wildman–Crippen MR) is 189 cm³/mol. The fraction of sp³-hybridized carbons (Fsp3) is 0.0556. The number of furan rings is 1. The number of ether oxygens (including phenoxy) is 1. The van der Waals surface area contributed by atoms with Crippen molar-refractivity contribution in [2.45, 2.75) is 6.54 Å². The lowest BCUT2D eigenvalue weighted by Crippen LogP contribution is -2.28. The topological polar surface area (TPSA) is 96.5 Å². The van der Waals surface area contributed by atoms with Gasteiger partial charge in [-0.05, 0) is 89.1 Å². The van der Waals surface area contributed by atoms with Crippen LogP contribution in [0.2, 0.25) is 10.0 Å². The summed E-state index contributed by atoms with van der Waals surface area (Å²) in [6.07, 6.45) is 4.85. The second kappa shape index (κ2) is 15.0. The summed E-state index contributed by atoms with van der Waals surface area (Å²) in [7, 11) is 0. The Morgan fingerprint density at radius 1 is 0.894 bits per heavy atom. The van der Waals surface area contributed by atoms with Gasteiger partial charge in [-0.15, -0.1) is 5.10 Å². The van der Waals surface area contributed by atoms with Crippen LogP contribution in [-0.4, -0.2) is 34.7 Å². The largest absolute Gasteiger partial charge is 0.483 e. The van der Waals surface area contributed by atoms with Gasteiger partial charge >= 0.3 is 0 Å². The van der Waals surface area contributed by atoms with E-state index in [1.54, 1.807) is 73.2 Å². The van der Waals surface area contributed by atoms with Gasteiger partial charge in [0.15, 0.2) is 11.8 Å². The average Bonchev–Trinajstić information content (AvgIpc) is 3.70. The molecule has 0 spiro atoms. The lowest BCUT2D eigenvalue weighted by atomic mass is 10.0. The second-order valence-corrected chi connectivity index (χ2v) is 12.1. The Labute approximate surface area is 285 Å². The highest BCUT2D eigenvalue weighted by Crippen LogP contribution is 2.36. The molecule has 0 unspecified atom stereocenters. The maximum Gasteiger partial charge on any atom is 0.267 e. The van der Waals surface area contributed by atoms with Gasteiger partial charge in [0, 0.05) is 21.3 Å². The van der Waals surface area contributed by atoms with Crippen LogP contribution >= 0.6 is 35.0 Å². The molecule has 8 nitrogen and oxygen atoms in total. The van der Waals surface area contributed by atoms with E-state index in [9.17, 15) is 9.59 Å². The molecule has 1 fully saturated rings. The van der Waals surface area contributed by atoms with Gasteiger partial charge in [0.25, 0.3) is 11.8 Å². The molecule has 234 valence electrons. The van der Waals surface area contributed by atoms with E-state index < -0.39 is 0 Å². The van der Waals surface area contributed by atoms with E-state index in [0.717, 1.165) is 28.5 Å². The summed E-state index contributed by atoms with van der Waals surface area (Å²) < 4.78 is 11.3. The minimum absolute atomic E-state index is 0.167. The van der Waals surface area contributed by atoms with E-state index in [-0.39, 0.29) is 25.0 Å². The summed E-state index contributed by atoms with van der Waals surface area (Å²) in [6.45, 7) is -0.0973. The minimum Gasteiger partial charge on any atom is -0.483 e. The van der Waals surface area contributed by atoms with Crippen LogP contribution < -0.4 is 10.1 Å². The molecule has 0 atom stereocenters. The Morgan fingerprint density at radius 2 is 1.64 bits per heavy atom. The third kappa shape index (κ3) is 8.39. The van der Waals surface area contributed by atoms with Crippen molar-refractivity contribution in [1.29, 1.82) is 0 Å². The van der Waals surface area contributed by atoms with Gasteiger partial charge in [-0.1, -0.05) is 77.8 Å². The zero-order valence-corrected chi connectivity index (χ0v) is 27.0. The highest BCUT2D eigenvalue weighted by molar-refractivity contribution is 8.18. The number of hydrogen-bond acceptors (Lipinski definition) is 7. The second-order valence-electron chi connectivity index (χ2n) is 10.2. The number of rotatable bonds is 10. The number of carbonyl (C=O) groups excluding carboxylic acids is 2. The molecule has 4 aromatic carbocycles. The quantitative estimate of drug-likeness (QED) is 0.0904.